The molecule has 0 bridgehead atoms. The minimum atomic E-state index is -0.444. The Hall–Kier alpha value is -1.01. The molecule has 1 amide bonds. The normalized spacial score (nSPS) is 14.8. The first-order chi connectivity index (χ1) is 5.99. The Morgan fingerprint density at radius 3 is 2.46 bits per heavy atom. The van der Waals surface area contributed by atoms with Crippen molar-refractivity contribution in [3.63, 3.8) is 0 Å². The summed E-state index contributed by atoms with van der Waals surface area (Å²) in [5.41, 5.74) is 5.64. The minimum absolute atomic E-state index is 0.00213. The molecule has 0 aliphatic carbocycles. The third-order valence-corrected chi connectivity index (χ3v) is 1.83. The molecular weight excluding hydrogens is 164 g/mol. The summed E-state index contributed by atoms with van der Waals surface area (Å²) in [5.74, 6) is 2.51. The monoisotopic (exact) mass is 182 g/mol. The van der Waals surface area contributed by atoms with E-state index in [1.54, 1.807) is 0 Å². The average Bonchev–Trinajstić information content (AvgIpc) is 2.03. The van der Waals surface area contributed by atoms with Crippen molar-refractivity contribution in [2.75, 3.05) is 0 Å². The summed E-state index contributed by atoms with van der Waals surface area (Å²) in [6.45, 7) is 5.69. The maximum Gasteiger partial charge on any atom is 0.237 e. The van der Waals surface area contributed by atoms with Crippen molar-refractivity contribution < 1.29 is 4.79 Å². The second-order valence-electron chi connectivity index (χ2n) is 3.59. The first-order valence-corrected chi connectivity index (χ1v) is 4.48. The van der Waals surface area contributed by atoms with E-state index >= 15 is 0 Å². The number of terminal acetylenes is 1. The molecule has 3 nitrogen and oxygen atoms in total. The molecule has 0 radical (unpaired) electrons. The van der Waals surface area contributed by atoms with Crippen LogP contribution in [0.1, 0.15) is 27.2 Å². The van der Waals surface area contributed by atoms with E-state index in [2.05, 4.69) is 11.2 Å². The highest BCUT2D eigenvalue weighted by atomic mass is 16.2. The van der Waals surface area contributed by atoms with Gasteiger partial charge in [-0.1, -0.05) is 13.8 Å². The number of amides is 1. The predicted octanol–water partition coefficient (Wildman–Crippen LogP) is 0.498. The molecule has 0 rings (SSSR count). The van der Waals surface area contributed by atoms with E-state index in [0.717, 1.165) is 0 Å². The van der Waals surface area contributed by atoms with Gasteiger partial charge in [-0.2, -0.15) is 0 Å². The molecule has 0 spiro atoms. The molecule has 0 aromatic carbocycles. The van der Waals surface area contributed by atoms with Crippen molar-refractivity contribution in [1.82, 2.24) is 5.32 Å². The van der Waals surface area contributed by atoms with Crippen molar-refractivity contribution in [3.8, 4) is 12.3 Å². The number of rotatable bonds is 4. The van der Waals surface area contributed by atoms with Crippen LogP contribution in [-0.4, -0.2) is 18.0 Å². The molecule has 74 valence electrons. The van der Waals surface area contributed by atoms with E-state index < -0.39 is 6.04 Å². The second-order valence-corrected chi connectivity index (χ2v) is 3.59. The zero-order valence-electron chi connectivity index (χ0n) is 8.50. The third-order valence-electron chi connectivity index (χ3n) is 1.83. The lowest BCUT2D eigenvalue weighted by molar-refractivity contribution is -0.123. The van der Waals surface area contributed by atoms with Crippen LogP contribution >= 0.6 is 0 Å². The number of carbonyl (C=O) groups is 1. The molecule has 0 aromatic rings. The second kappa shape index (κ2) is 5.60. The van der Waals surface area contributed by atoms with Gasteiger partial charge in [0.25, 0.3) is 0 Å². The van der Waals surface area contributed by atoms with Crippen LogP contribution in [0.4, 0.5) is 0 Å². The zero-order valence-corrected chi connectivity index (χ0v) is 8.50. The zero-order chi connectivity index (χ0) is 10.4. The largest absolute Gasteiger partial charge is 0.351 e. The quantitative estimate of drug-likeness (QED) is 0.622. The van der Waals surface area contributed by atoms with Gasteiger partial charge in [0, 0.05) is 12.5 Å². The third kappa shape index (κ3) is 4.54. The van der Waals surface area contributed by atoms with E-state index in [-0.39, 0.29) is 17.9 Å². The van der Waals surface area contributed by atoms with E-state index in [4.69, 9.17) is 12.2 Å². The van der Waals surface area contributed by atoms with Crippen LogP contribution in [0.5, 0.6) is 0 Å². The highest BCUT2D eigenvalue weighted by molar-refractivity contribution is 5.81. The Labute approximate surface area is 80.1 Å². The van der Waals surface area contributed by atoms with Crippen LogP contribution in [0.3, 0.4) is 0 Å². The van der Waals surface area contributed by atoms with Gasteiger partial charge in [-0.25, -0.2) is 0 Å². The molecule has 0 aromatic heterocycles. The fourth-order valence-electron chi connectivity index (χ4n) is 0.870. The topological polar surface area (TPSA) is 55.1 Å². The summed E-state index contributed by atoms with van der Waals surface area (Å²) in [6.07, 6.45) is 5.65. The maximum atomic E-state index is 11.4. The van der Waals surface area contributed by atoms with Crippen LogP contribution in [0, 0.1) is 18.3 Å². The van der Waals surface area contributed by atoms with Crippen molar-refractivity contribution in [2.24, 2.45) is 11.7 Å². The SMILES string of the molecule is C#CCC(C)NC(=O)C(N)C(C)C. The van der Waals surface area contributed by atoms with Gasteiger partial charge in [-0.05, 0) is 12.8 Å². The molecule has 0 fully saturated rings. The fourth-order valence-corrected chi connectivity index (χ4v) is 0.870. The number of nitrogens with one attached hydrogen (secondary N) is 1. The van der Waals surface area contributed by atoms with Gasteiger partial charge >= 0.3 is 0 Å². The van der Waals surface area contributed by atoms with E-state index in [1.165, 1.54) is 0 Å². The lowest BCUT2D eigenvalue weighted by Gasteiger charge is -2.18. The highest BCUT2D eigenvalue weighted by Crippen LogP contribution is 1.99. The lowest BCUT2D eigenvalue weighted by atomic mass is 10.0. The van der Waals surface area contributed by atoms with Gasteiger partial charge in [-0.15, -0.1) is 12.3 Å². The van der Waals surface area contributed by atoms with Crippen LogP contribution in [0.2, 0.25) is 0 Å². The van der Waals surface area contributed by atoms with Crippen molar-refractivity contribution >= 4 is 5.91 Å². The van der Waals surface area contributed by atoms with Crippen LogP contribution in [-0.2, 0) is 4.79 Å². The highest BCUT2D eigenvalue weighted by Gasteiger charge is 2.18. The fraction of sp³-hybridized carbons (Fsp3) is 0.700. The van der Waals surface area contributed by atoms with Crippen LogP contribution < -0.4 is 11.1 Å². The predicted molar refractivity (Wildman–Crippen MR) is 53.9 cm³/mol. The summed E-state index contributed by atoms with van der Waals surface area (Å²) >= 11 is 0. The minimum Gasteiger partial charge on any atom is -0.351 e. The number of carbonyl (C=O) groups excluding carboxylic acids is 1. The Morgan fingerprint density at radius 2 is 2.08 bits per heavy atom. The molecule has 0 aliphatic rings. The molecule has 3 heteroatoms. The van der Waals surface area contributed by atoms with Crippen molar-refractivity contribution in [2.45, 2.75) is 39.3 Å². The number of hydrogen-bond acceptors (Lipinski definition) is 2. The number of hydrogen-bond donors (Lipinski definition) is 2. The summed E-state index contributed by atoms with van der Waals surface area (Å²) in [4.78, 5) is 11.4. The summed E-state index contributed by atoms with van der Waals surface area (Å²) in [6, 6.07) is -0.442. The van der Waals surface area contributed by atoms with Gasteiger partial charge < -0.3 is 11.1 Å². The Kier molecular flexibility index (Phi) is 5.17. The Bertz CT molecular complexity index is 205. The van der Waals surface area contributed by atoms with E-state index in [9.17, 15) is 4.79 Å². The maximum absolute atomic E-state index is 11.4. The van der Waals surface area contributed by atoms with E-state index in [1.807, 2.05) is 20.8 Å². The summed E-state index contributed by atoms with van der Waals surface area (Å²) < 4.78 is 0. The molecule has 0 heterocycles. The van der Waals surface area contributed by atoms with E-state index in [0.29, 0.717) is 6.42 Å². The Balaban J connectivity index is 3.94. The van der Waals surface area contributed by atoms with Crippen molar-refractivity contribution in [1.29, 1.82) is 0 Å². The molecule has 0 aliphatic heterocycles. The van der Waals surface area contributed by atoms with Crippen molar-refractivity contribution in [3.05, 3.63) is 0 Å². The molecular formula is C10H18N2O. The summed E-state index contributed by atoms with van der Waals surface area (Å²) in [5, 5.41) is 2.76. The number of nitrogens with two attached hydrogens (primary N) is 1. The van der Waals surface area contributed by atoms with Crippen LogP contribution in [0.15, 0.2) is 0 Å². The molecule has 2 unspecified atom stereocenters. The lowest BCUT2D eigenvalue weighted by Crippen LogP contribution is -2.46. The standard InChI is InChI=1S/C10H18N2O/c1-5-6-8(4)12-10(13)9(11)7(2)3/h1,7-9H,6,11H2,2-4H3,(H,12,13). The smallest absolute Gasteiger partial charge is 0.237 e. The molecule has 2 atom stereocenters. The van der Waals surface area contributed by atoms with Crippen LogP contribution in [0.25, 0.3) is 0 Å². The molecule has 0 saturated carbocycles. The molecule has 13 heavy (non-hydrogen) atoms. The molecule has 0 saturated heterocycles. The van der Waals surface area contributed by atoms with Gasteiger partial charge in [0.05, 0.1) is 6.04 Å². The first-order valence-electron chi connectivity index (χ1n) is 4.48. The Morgan fingerprint density at radius 1 is 1.54 bits per heavy atom. The van der Waals surface area contributed by atoms with Gasteiger partial charge in [0.15, 0.2) is 0 Å². The van der Waals surface area contributed by atoms with Gasteiger partial charge in [0.1, 0.15) is 0 Å². The molecule has 3 N–H and O–H groups in total. The summed E-state index contributed by atoms with van der Waals surface area (Å²) in [7, 11) is 0. The van der Waals surface area contributed by atoms with Gasteiger partial charge in [-0.3, -0.25) is 4.79 Å². The first kappa shape index (κ1) is 12.0. The van der Waals surface area contributed by atoms with Gasteiger partial charge in [0.2, 0.25) is 5.91 Å². The average molecular weight is 182 g/mol.